The lowest BCUT2D eigenvalue weighted by atomic mass is 10.1. The van der Waals surface area contributed by atoms with E-state index >= 15 is 0 Å². The van der Waals surface area contributed by atoms with Gasteiger partial charge in [0.15, 0.2) is 6.10 Å². The summed E-state index contributed by atoms with van der Waals surface area (Å²) in [6.45, 7) is 3.38. The molecule has 272 valence electrons. The molecule has 0 aromatic carbocycles. The molecule has 48 heavy (non-hydrogen) atoms. The molecule has 0 bridgehead atoms. The van der Waals surface area contributed by atoms with Crippen LogP contribution in [0.2, 0.25) is 0 Å². The number of unbranched alkanes of at least 4 members (excludes halogenated alkanes) is 7. The van der Waals surface area contributed by atoms with Gasteiger partial charge in [-0.15, -0.1) is 0 Å². The number of hydrogen-bond acceptors (Lipinski definition) is 6. The molecule has 0 aliphatic rings. The van der Waals surface area contributed by atoms with Crippen molar-refractivity contribution >= 4 is 19.8 Å². The summed E-state index contributed by atoms with van der Waals surface area (Å²) in [5.74, 6) is -0.959. The van der Waals surface area contributed by atoms with Gasteiger partial charge < -0.3 is 19.3 Å². The molecule has 0 rings (SSSR count). The van der Waals surface area contributed by atoms with Crippen molar-refractivity contribution in [1.29, 1.82) is 0 Å². The van der Waals surface area contributed by atoms with Crippen LogP contribution in [0, 0.1) is 0 Å². The van der Waals surface area contributed by atoms with E-state index in [0.29, 0.717) is 12.8 Å². The summed E-state index contributed by atoms with van der Waals surface area (Å²) in [4.78, 5) is 42.6. The lowest BCUT2D eigenvalue weighted by molar-refractivity contribution is -0.161. The number of carbonyl (C=O) groups excluding carboxylic acids is 2. The Bertz CT molecular complexity index is 1050. The highest BCUT2D eigenvalue weighted by atomic mass is 31.2. The maximum Gasteiger partial charge on any atom is 0.469 e. The summed E-state index contributed by atoms with van der Waals surface area (Å²) >= 11 is 0. The van der Waals surface area contributed by atoms with Gasteiger partial charge in [-0.2, -0.15) is 0 Å². The van der Waals surface area contributed by atoms with Crippen molar-refractivity contribution in [2.45, 2.75) is 136 Å². The fraction of sp³-hybridized carbons (Fsp3) is 0.590. The number of hydrogen-bond donors (Lipinski definition) is 2. The third-order valence-corrected chi connectivity index (χ3v) is 7.39. The third kappa shape index (κ3) is 36.1. The molecule has 2 N–H and O–H groups in total. The zero-order valence-electron chi connectivity index (χ0n) is 29.6. The van der Waals surface area contributed by atoms with Gasteiger partial charge in [-0.05, 0) is 83.5 Å². The van der Waals surface area contributed by atoms with Gasteiger partial charge in [-0.25, -0.2) is 4.57 Å². The Hall–Kier alpha value is -2.77. The molecule has 0 aliphatic heterocycles. The fourth-order valence-corrected chi connectivity index (χ4v) is 4.68. The van der Waals surface area contributed by atoms with E-state index < -0.39 is 32.5 Å². The van der Waals surface area contributed by atoms with Crippen LogP contribution < -0.4 is 0 Å². The van der Waals surface area contributed by atoms with E-state index in [2.05, 4.69) is 103 Å². The number of rotatable bonds is 31. The molecule has 0 spiro atoms. The second-order valence-corrected chi connectivity index (χ2v) is 12.7. The molecule has 0 heterocycles. The summed E-state index contributed by atoms with van der Waals surface area (Å²) in [5.41, 5.74) is 0. The molecule has 0 saturated carbocycles. The Morgan fingerprint density at radius 2 is 0.938 bits per heavy atom. The third-order valence-electron chi connectivity index (χ3n) is 6.91. The predicted molar refractivity (Wildman–Crippen MR) is 197 cm³/mol. The van der Waals surface area contributed by atoms with E-state index in [4.69, 9.17) is 19.3 Å². The molecule has 0 radical (unpaired) electrons. The summed E-state index contributed by atoms with van der Waals surface area (Å²) in [5, 5.41) is 0. The van der Waals surface area contributed by atoms with Crippen LogP contribution in [0.15, 0.2) is 85.1 Å². The largest absolute Gasteiger partial charge is 0.469 e. The molecule has 0 saturated heterocycles. The second kappa shape index (κ2) is 34.1. The van der Waals surface area contributed by atoms with Crippen molar-refractivity contribution in [3.05, 3.63) is 85.1 Å². The minimum absolute atomic E-state index is 0.172. The smallest absolute Gasteiger partial charge is 0.462 e. The van der Waals surface area contributed by atoms with Crippen molar-refractivity contribution < 1.29 is 37.9 Å². The quantitative estimate of drug-likeness (QED) is 0.0319. The Morgan fingerprint density at radius 3 is 1.40 bits per heavy atom. The number of allylic oxidation sites excluding steroid dienone is 14. The van der Waals surface area contributed by atoms with Crippen LogP contribution in [0.3, 0.4) is 0 Å². The molecule has 0 aromatic heterocycles. The predicted octanol–water partition coefficient (Wildman–Crippen LogP) is 10.5. The zero-order valence-corrected chi connectivity index (χ0v) is 30.5. The van der Waals surface area contributed by atoms with Gasteiger partial charge in [0.2, 0.25) is 0 Å². The van der Waals surface area contributed by atoms with Crippen molar-refractivity contribution in [2.75, 3.05) is 13.2 Å². The van der Waals surface area contributed by atoms with Gasteiger partial charge in [0, 0.05) is 12.8 Å². The maximum absolute atomic E-state index is 12.3. The van der Waals surface area contributed by atoms with E-state index in [9.17, 15) is 14.2 Å². The SMILES string of the molecule is CC/C=C\C/C=C\C/C=C\C/C=C\CCCCCCC(=O)OC(COC(=O)CCCCC/C=C\C/C=C\C/C=C\CC)COP(=O)(O)O. The summed E-state index contributed by atoms with van der Waals surface area (Å²) in [6, 6.07) is 0. The van der Waals surface area contributed by atoms with Crippen LogP contribution in [0.5, 0.6) is 0 Å². The van der Waals surface area contributed by atoms with Gasteiger partial charge in [-0.1, -0.05) is 118 Å². The van der Waals surface area contributed by atoms with Crippen molar-refractivity contribution in [2.24, 2.45) is 0 Å². The monoisotopic (exact) mass is 690 g/mol. The molecule has 0 aliphatic carbocycles. The molecule has 0 amide bonds. The minimum atomic E-state index is -4.77. The average molecular weight is 691 g/mol. The standard InChI is InChI=1S/C39H63O8P/c1-3-5-7-9-11-13-15-17-18-19-20-22-24-26-28-30-32-34-39(41)47-37(36-46-48(42,43)44)35-45-38(40)33-31-29-27-25-23-21-16-14-12-10-8-6-4-2/h5-8,11-14,17-18,20-23,37H,3-4,9-10,15-16,19,24-36H2,1-2H3,(H2,42,43,44)/b7-5-,8-6-,13-11-,14-12-,18-17-,22-20-,23-21-. The second-order valence-electron chi connectivity index (χ2n) is 11.4. The van der Waals surface area contributed by atoms with E-state index in [1.807, 2.05) is 0 Å². The molecule has 8 nitrogen and oxygen atoms in total. The number of phosphoric acid groups is 1. The molecule has 0 fully saturated rings. The van der Waals surface area contributed by atoms with E-state index in [-0.39, 0.29) is 19.4 Å². The first kappa shape index (κ1) is 45.2. The highest BCUT2D eigenvalue weighted by Gasteiger charge is 2.22. The first-order chi connectivity index (χ1) is 23.3. The van der Waals surface area contributed by atoms with Gasteiger partial charge >= 0.3 is 19.8 Å². The normalized spacial score (nSPS) is 13.5. The van der Waals surface area contributed by atoms with Gasteiger partial charge in [0.1, 0.15) is 6.61 Å². The number of esters is 2. The van der Waals surface area contributed by atoms with Crippen molar-refractivity contribution in [3.8, 4) is 0 Å². The summed E-state index contributed by atoms with van der Waals surface area (Å²) in [7, 11) is -4.77. The van der Waals surface area contributed by atoms with E-state index in [1.54, 1.807) is 0 Å². The molecule has 0 aromatic rings. The first-order valence-electron chi connectivity index (χ1n) is 17.9. The van der Waals surface area contributed by atoms with E-state index in [0.717, 1.165) is 89.9 Å². The molecular weight excluding hydrogens is 627 g/mol. The summed E-state index contributed by atoms with van der Waals surface area (Å²) < 4.78 is 26.2. The lowest BCUT2D eigenvalue weighted by Gasteiger charge is -2.18. The Kier molecular flexibility index (Phi) is 32.1. The highest BCUT2D eigenvalue weighted by Crippen LogP contribution is 2.35. The van der Waals surface area contributed by atoms with Crippen LogP contribution >= 0.6 is 7.82 Å². The van der Waals surface area contributed by atoms with Crippen molar-refractivity contribution in [1.82, 2.24) is 0 Å². The molecular formula is C39H63O8P. The van der Waals surface area contributed by atoms with Gasteiger partial charge in [0.25, 0.3) is 0 Å². The van der Waals surface area contributed by atoms with Gasteiger partial charge in [0.05, 0.1) is 6.61 Å². The summed E-state index contributed by atoms with van der Waals surface area (Å²) in [6.07, 6.45) is 44.5. The van der Waals surface area contributed by atoms with Crippen molar-refractivity contribution in [3.63, 3.8) is 0 Å². The Balaban J connectivity index is 4.11. The number of ether oxygens (including phenoxy) is 2. The number of phosphoric ester groups is 1. The Morgan fingerprint density at radius 1 is 0.542 bits per heavy atom. The Labute approximate surface area is 291 Å². The fourth-order valence-electron chi connectivity index (χ4n) is 4.32. The topological polar surface area (TPSA) is 119 Å². The maximum atomic E-state index is 12.3. The van der Waals surface area contributed by atoms with Gasteiger partial charge in [-0.3, -0.25) is 14.1 Å². The van der Waals surface area contributed by atoms with Crippen LogP contribution in [-0.2, 0) is 28.2 Å². The molecule has 1 unspecified atom stereocenters. The molecule has 1 atom stereocenters. The lowest BCUT2D eigenvalue weighted by Crippen LogP contribution is -2.29. The zero-order chi connectivity index (χ0) is 35.4. The average Bonchev–Trinajstić information content (AvgIpc) is 3.05. The van der Waals surface area contributed by atoms with Crippen LogP contribution in [0.1, 0.15) is 129 Å². The van der Waals surface area contributed by atoms with Crippen LogP contribution in [0.25, 0.3) is 0 Å². The van der Waals surface area contributed by atoms with E-state index in [1.165, 1.54) is 0 Å². The minimum Gasteiger partial charge on any atom is -0.462 e. The highest BCUT2D eigenvalue weighted by molar-refractivity contribution is 7.46. The van der Waals surface area contributed by atoms with Crippen LogP contribution in [0.4, 0.5) is 0 Å². The molecule has 9 heteroatoms. The first-order valence-corrected chi connectivity index (χ1v) is 19.4. The van der Waals surface area contributed by atoms with Crippen LogP contribution in [-0.4, -0.2) is 41.0 Å². The number of carbonyl (C=O) groups is 2.